The molecule has 184 valence electrons. The first-order chi connectivity index (χ1) is 16.2. The van der Waals surface area contributed by atoms with Crippen LogP contribution in [0.3, 0.4) is 0 Å². The number of anilines is 1. The van der Waals surface area contributed by atoms with Crippen LogP contribution in [0.1, 0.15) is 74.3 Å². The Labute approximate surface area is 198 Å². The Bertz CT molecular complexity index is 1020. The number of rotatable bonds is 6. The van der Waals surface area contributed by atoms with Crippen molar-refractivity contribution in [2.45, 2.75) is 83.8 Å². The number of hydrogen-bond donors (Lipinski definition) is 0. The van der Waals surface area contributed by atoms with Crippen LogP contribution in [0.2, 0.25) is 0 Å². The summed E-state index contributed by atoms with van der Waals surface area (Å²) >= 11 is 0. The third kappa shape index (κ3) is 5.00. The molecule has 2 aromatic rings. The van der Waals surface area contributed by atoms with E-state index in [9.17, 15) is 18.0 Å². The summed E-state index contributed by atoms with van der Waals surface area (Å²) < 4.78 is 45.6. The van der Waals surface area contributed by atoms with Gasteiger partial charge in [-0.3, -0.25) is 4.90 Å². The molecule has 5 nitrogen and oxygen atoms in total. The molecule has 0 radical (unpaired) electrons. The second kappa shape index (κ2) is 9.84. The van der Waals surface area contributed by atoms with Crippen LogP contribution in [0.4, 0.5) is 23.8 Å². The van der Waals surface area contributed by atoms with E-state index in [0.29, 0.717) is 23.7 Å². The molecule has 2 heterocycles. The molecule has 2 fully saturated rings. The van der Waals surface area contributed by atoms with Crippen LogP contribution in [-0.2, 0) is 17.5 Å². The summed E-state index contributed by atoms with van der Waals surface area (Å²) in [7, 11) is 0. The standard InChI is InChI=1S/C26H32F3N3O2/c1-4-31(22-10-6-5-7-11-22)24-19(9-8-12-30-24)16-32-18(3)23(34-25(32)33)20-13-17(2)14-21(15-20)26(27,28)29/h8-9,12-15,18,22-23H,4-7,10-11,16H2,1-3H3/t18-,23-/m0/s1. The molecular formula is C26H32F3N3O2. The molecule has 1 saturated carbocycles. The van der Waals surface area contributed by atoms with Gasteiger partial charge in [0.15, 0.2) is 0 Å². The molecule has 2 aliphatic rings. The number of ether oxygens (including phenoxy) is 1. The lowest BCUT2D eigenvalue weighted by Crippen LogP contribution is -2.39. The monoisotopic (exact) mass is 475 g/mol. The van der Waals surface area contributed by atoms with Crippen molar-refractivity contribution in [2.75, 3.05) is 11.4 Å². The maximum absolute atomic E-state index is 13.4. The Hall–Kier alpha value is -2.77. The fourth-order valence-electron chi connectivity index (χ4n) is 5.27. The van der Waals surface area contributed by atoms with E-state index in [1.165, 1.54) is 19.3 Å². The molecule has 1 amide bonds. The lowest BCUT2D eigenvalue weighted by Gasteiger charge is -2.36. The largest absolute Gasteiger partial charge is 0.439 e. The van der Waals surface area contributed by atoms with Gasteiger partial charge in [0.05, 0.1) is 18.2 Å². The van der Waals surface area contributed by atoms with Gasteiger partial charge in [0.2, 0.25) is 0 Å². The zero-order valence-corrected chi connectivity index (χ0v) is 19.9. The van der Waals surface area contributed by atoms with Gasteiger partial charge in [0, 0.05) is 24.3 Å². The van der Waals surface area contributed by atoms with E-state index < -0.39 is 30.0 Å². The summed E-state index contributed by atoms with van der Waals surface area (Å²) in [6.07, 6.45) is 1.94. The lowest BCUT2D eigenvalue weighted by atomic mass is 9.94. The first-order valence-electron chi connectivity index (χ1n) is 12.1. The predicted molar refractivity (Wildman–Crippen MR) is 125 cm³/mol. The second-order valence-electron chi connectivity index (χ2n) is 9.37. The number of nitrogens with zero attached hydrogens (tertiary/aromatic N) is 3. The molecule has 1 aromatic carbocycles. The van der Waals surface area contributed by atoms with E-state index in [1.807, 2.05) is 19.1 Å². The van der Waals surface area contributed by atoms with Crippen LogP contribution in [0.5, 0.6) is 0 Å². The third-order valence-electron chi connectivity index (χ3n) is 6.98. The van der Waals surface area contributed by atoms with Crippen LogP contribution < -0.4 is 4.90 Å². The number of halogens is 3. The minimum Gasteiger partial charge on any atom is -0.439 e. The summed E-state index contributed by atoms with van der Waals surface area (Å²) in [5, 5.41) is 0. The highest BCUT2D eigenvalue weighted by atomic mass is 19.4. The highest BCUT2D eigenvalue weighted by Gasteiger charge is 2.41. The van der Waals surface area contributed by atoms with Crippen molar-refractivity contribution in [1.82, 2.24) is 9.88 Å². The Balaban J connectivity index is 1.58. The van der Waals surface area contributed by atoms with Crippen molar-refractivity contribution in [3.05, 3.63) is 58.8 Å². The highest BCUT2D eigenvalue weighted by molar-refractivity contribution is 5.71. The molecule has 4 rings (SSSR count). The van der Waals surface area contributed by atoms with Gasteiger partial charge in [-0.05, 0) is 57.4 Å². The van der Waals surface area contributed by atoms with Gasteiger partial charge in [-0.15, -0.1) is 0 Å². The number of carbonyl (C=O) groups excluding carboxylic acids is 1. The third-order valence-corrected chi connectivity index (χ3v) is 6.98. The number of aromatic nitrogens is 1. The van der Waals surface area contributed by atoms with E-state index in [2.05, 4.69) is 16.8 Å². The number of benzene rings is 1. The summed E-state index contributed by atoms with van der Waals surface area (Å²) in [5.41, 5.74) is 1.02. The molecule has 8 heteroatoms. The minimum absolute atomic E-state index is 0.292. The normalized spacial score (nSPS) is 21.6. The van der Waals surface area contributed by atoms with Gasteiger partial charge < -0.3 is 9.64 Å². The SMILES string of the molecule is CCN(c1ncccc1CN1C(=O)O[C@H](c2cc(C)cc(C(F)(F)F)c2)[C@@H]1C)C1CCCCC1. The summed E-state index contributed by atoms with van der Waals surface area (Å²) in [5.74, 6) is 0.871. The Morgan fingerprint density at radius 2 is 1.91 bits per heavy atom. The number of alkyl halides is 3. The smallest absolute Gasteiger partial charge is 0.416 e. The fraction of sp³-hybridized carbons (Fsp3) is 0.538. The maximum Gasteiger partial charge on any atom is 0.416 e. The molecule has 1 aliphatic carbocycles. The van der Waals surface area contributed by atoms with Crippen molar-refractivity contribution in [3.8, 4) is 0 Å². The molecule has 0 spiro atoms. The zero-order valence-electron chi connectivity index (χ0n) is 19.9. The average molecular weight is 476 g/mol. The number of cyclic esters (lactones) is 1. The molecule has 1 aliphatic heterocycles. The summed E-state index contributed by atoms with van der Waals surface area (Å²) in [6.45, 7) is 6.66. The lowest BCUT2D eigenvalue weighted by molar-refractivity contribution is -0.137. The molecule has 2 atom stereocenters. The van der Waals surface area contributed by atoms with Gasteiger partial charge in [-0.25, -0.2) is 9.78 Å². The molecule has 0 bridgehead atoms. The van der Waals surface area contributed by atoms with Crippen molar-refractivity contribution in [3.63, 3.8) is 0 Å². The van der Waals surface area contributed by atoms with Crippen LogP contribution in [0.15, 0.2) is 36.5 Å². The van der Waals surface area contributed by atoms with Gasteiger partial charge in [-0.1, -0.05) is 37.0 Å². The fourth-order valence-corrected chi connectivity index (χ4v) is 5.27. The molecular weight excluding hydrogens is 443 g/mol. The van der Waals surface area contributed by atoms with Crippen LogP contribution >= 0.6 is 0 Å². The van der Waals surface area contributed by atoms with Gasteiger partial charge in [0.25, 0.3) is 0 Å². The predicted octanol–water partition coefficient (Wildman–Crippen LogP) is 6.65. The minimum atomic E-state index is -4.46. The molecule has 34 heavy (non-hydrogen) atoms. The number of aryl methyl sites for hydroxylation is 1. The van der Waals surface area contributed by atoms with Gasteiger partial charge >= 0.3 is 12.3 Å². The molecule has 1 aromatic heterocycles. The quantitative estimate of drug-likeness (QED) is 0.469. The summed E-state index contributed by atoms with van der Waals surface area (Å²) in [4.78, 5) is 21.4. The topological polar surface area (TPSA) is 45.7 Å². The van der Waals surface area contributed by atoms with E-state index in [-0.39, 0.29) is 0 Å². The van der Waals surface area contributed by atoms with E-state index in [0.717, 1.165) is 42.9 Å². The van der Waals surface area contributed by atoms with Crippen molar-refractivity contribution in [1.29, 1.82) is 0 Å². The molecule has 0 unspecified atom stereocenters. The Kier molecular flexibility index (Phi) is 7.05. The van der Waals surface area contributed by atoms with Crippen LogP contribution in [0.25, 0.3) is 0 Å². The van der Waals surface area contributed by atoms with Crippen molar-refractivity contribution < 1.29 is 22.7 Å². The van der Waals surface area contributed by atoms with E-state index in [4.69, 9.17) is 4.74 Å². The second-order valence-corrected chi connectivity index (χ2v) is 9.37. The molecule has 0 N–H and O–H groups in total. The van der Waals surface area contributed by atoms with Gasteiger partial charge in [-0.2, -0.15) is 13.2 Å². The van der Waals surface area contributed by atoms with Crippen molar-refractivity contribution >= 4 is 11.9 Å². The first kappa shape index (κ1) is 24.4. The first-order valence-corrected chi connectivity index (χ1v) is 12.1. The molecule has 1 saturated heterocycles. The van der Waals surface area contributed by atoms with Crippen LogP contribution in [-0.4, -0.2) is 34.6 Å². The van der Waals surface area contributed by atoms with Crippen LogP contribution in [0, 0.1) is 6.92 Å². The number of pyridine rings is 1. The number of hydrogen-bond acceptors (Lipinski definition) is 4. The summed E-state index contributed by atoms with van der Waals surface area (Å²) in [6, 6.07) is 7.68. The van der Waals surface area contributed by atoms with E-state index in [1.54, 1.807) is 24.1 Å². The number of amides is 1. The average Bonchev–Trinajstić information content (AvgIpc) is 3.09. The Morgan fingerprint density at radius 3 is 2.59 bits per heavy atom. The van der Waals surface area contributed by atoms with Gasteiger partial charge in [0.1, 0.15) is 11.9 Å². The zero-order chi connectivity index (χ0) is 24.5. The maximum atomic E-state index is 13.4. The van der Waals surface area contributed by atoms with Crippen molar-refractivity contribution in [2.24, 2.45) is 0 Å². The van der Waals surface area contributed by atoms with E-state index >= 15 is 0 Å². The Morgan fingerprint density at radius 1 is 1.18 bits per heavy atom. The highest BCUT2D eigenvalue weighted by Crippen LogP contribution is 2.38. The number of carbonyl (C=O) groups is 1.